The van der Waals surface area contributed by atoms with Gasteiger partial charge >= 0.3 is 5.97 Å². The first kappa shape index (κ1) is 17.6. The lowest BCUT2D eigenvalue weighted by atomic mass is 10.1. The minimum absolute atomic E-state index is 0.0207. The molecule has 2 aromatic carbocycles. The smallest absolute Gasteiger partial charge is 0.335 e. The molecule has 1 heterocycles. The van der Waals surface area contributed by atoms with Crippen molar-refractivity contribution in [1.29, 1.82) is 0 Å². The highest BCUT2D eigenvalue weighted by molar-refractivity contribution is 5.89. The van der Waals surface area contributed by atoms with E-state index in [-0.39, 0.29) is 17.4 Å². The van der Waals surface area contributed by atoms with Crippen LogP contribution in [-0.2, 0) is 4.74 Å². The molecule has 7 heteroatoms. The second-order valence-corrected chi connectivity index (χ2v) is 5.78. The van der Waals surface area contributed by atoms with Crippen molar-refractivity contribution in [2.45, 2.75) is 13.0 Å². The van der Waals surface area contributed by atoms with Gasteiger partial charge in [0.15, 0.2) is 17.9 Å². The van der Waals surface area contributed by atoms with E-state index in [0.29, 0.717) is 36.8 Å². The second-order valence-electron chi connectivity index (χ2n) is 5.78. The van der Waals surface area contributed by atoms with E-state index in [1.807, 2.05) is 24.0 Å². The monoisotopic (exact) mass is 356 g/mol. The molecule has 1 aliphatic heterocycles. The second kappa shape index (κ2) is 7.77. The number of aromatic hydroxyl groups is 1. The van der Waals surface area contributed by atoms with Gasteiger partial charge < -0.3 is 24.6 Å². The average Bonchev–Trinajstić information content (AvgIpc) is 3.15. The summed E-state index contributed by atoms with van der Waals surface area (Å²) in [5.41, 5.74) is 1.57. The van der Waals surface area contributed by atoms with Gasteiger partial charge in [0.05, 0.1) is 25.3 Å². The van der Waals surface area contributed by atoms with Crippen LogP contribution in [0.15, 0.2) is 47.5 Å². The molecule has 0 bridgehead atoms. The summed E-state index contributed by atoms with van der Waals surface area (Å²) in [4.78, 5) is 17.3. The average molecular weight is 356 g/mol. The fourth-order valence-electron chi connectivity index (χ4n) is 2.76. The quantitative estimate of drug-likeness (QED) is 0.792. The van der Waals surface area contributed by atoms with Gasteiger partial charge in [-0.15, -0.1) is 0 Å². The number of anilines is 2. The van der Waals surface area contributed by atoms with E-state index in [0.717, 1.165) is 0 Å². The minimum atomic E-state index is -0.998. The van der Waals surface area contributed by atoms with Crippen molar-refractivity contribution in [1.82, 2.24) is 0 Å². The normalized spacial score (nSPS) is 15.5. The Morgan fingerprint density at radius 1 is 1.31 bits per heavy atom. The highest BCUT2D eigenvalue weighted by Gasteiger charge is 2.21. The zero-order valence-electron chi connectivity index (χ0n) is 14.3. The van der Waals surface area contributed by atoms with Crippen LogP contribution < -0.4 is 9.64 Å². The third kappa shape index (κ3) is 3.88. The van der Waals surface area contributed by atoms with Crippen LogP contribution in [0.25, 0.3) is 0 Å². The van der Waals surface area contributed by atoms with E-state index in [1.165, 1.54) is 12.5 Å². The van der Waals surface area contributed by atoms with Gasteiger partial charge in [-0.05, 0) is 37.3 Å². The third-order valence-electron chi connectivity index (χ3n) is 3.98. The molecule has 0 aromatic heterocycles. The van der Waals surface area contributed by atoms with Crippen LogP contribution in [0.5, 0.6) is 11.5 Å². The molecule has 1 aliphatic rings. The number of rotatable bonds is 7. The van der Waals surface area contributed by atoms with Gasteiger partial charge in [-0.25, -0.2) is 4.79 Å². The molecule has 0 radical (unpaired) electrons. The maximum atomic E-state index is 11.3. The van der Waals surface area contributed by atoms with E-state index < -0.39 is 5.97 Å². The Bertz CT molecular complexity index is 813. The van der Waals surface area contributed by atoms with Crippen molar-refractivity contribution < 1.29 is 24.5 Å². The number of aliphatic imine (C=N–C) groups is 1. The molecular weight excluding hydrogens is 336 g/mol. The van der Waals surface area contributed by atoms with Gasteiger partial charge in [-0.3, -0.25) is 4.99 Å². The Kier molecular flexibility index (Phi) is 5.26. The zero-order valence-corrected chi connectivity index (χ0v) is 14.3. The fourth-order valence-corrected chi connectivity index (χ4v) is 2.76. The summed E-state index contributed by atoms with van der Waals surface area (Å²) in [6.07, 6.45) is 1.27. The van der Waals surface area contributed by atoms with E-state index in [1.54, 1.807) is 24.3 Å². The molecule has 26 heavy (non-hydrogen) atoms. The Balaban J connectivity index is 1.96. The van der Waals surface area contributed by atoms with Crippen molar-refractivity contribution in [2.75, 3.05) is 24.6 Å². The first-order valence-corrected chi connectivity index (χ1v) is 8.29. The first-order chi connectivity index (χ1) is 12.6. The molecule has 1 atom stereocenters. The van der Waals surface area contributed by atoms with E-state index in [2.05, 4.69) is 4.99 Å². The summed E-state index contributed by atoms with van der Waals surface area (Å²) in [6, 6.07) is 11.7. The SMILES string of the molecule is CCOc1ccc(N(CC2CN=CO2)c2cccc(C(=O)O)c2)cc1O. The summed E-state index contributed by atoms with van der Waals surface area (Å²) in [7, 11) is 0. The maximum Gasteiger partial charge on any atom is 0.335 e. The molecule has 0 spiro atoms. The number of phenolic OH excluding ortho intramolecular Hbond substituents is 1. The molecule has 3 rings (SSSR count). The molecule has 7 nitrogen and oxygen atoms in total. The van der Waals surface area contributed by atoms with E-state index in [9.17, 15) is 15.0 Å². The van der Waals surface area contributed by atoms with Crippen molar-refractivity contribution in [3.8, 4) is 11.5 Å². The van der Waals surface area contributed by atoms with Crippen molar-refractivity contribution in [2.24, 2.45) is 4.99 Å². The fraction of sp³-hybridized carbons (Fsp3) is 0.263. The largest absolute Gasteiger partial charge is 0.504 e. The van der Waals surface area contributed by atoms with Crippen LogP contribution in [0.1, 0.15) is 17.3 Å². The highest BCUT2D eigenvalue weighted by Crippen LogP contribution is 2.34. The van der Waals surface area contributed by atoms with Gasteiger partial charge in [0, 0.05) is 17.4 Å². The lowest BCUT2D eigenvalue weighted by Gasteiger charge is -2.28. The number of phenols is 1. The summed E-state index contributed by atoms with van der Waals surface area (Å²) in [6.45, 7) is 3.27. The summed E-state index contributed by atoms with van der Waals surface area (Å²) in [5.74, 6) is -0.579. The summed E-state index contributed by atoms with van der Waals surface area (Å²) in [5, 5.41) is 19.5. The molecule has 0 saturated carbocycles. The Hall–Kier alpha value is -3.22. The molecule has 2 N–H and O–H groups in total. The third-order valence-corrected chi connectivity index (χ3v) is 3.98. The minimum Gasteiger partial charge on any atom is -0.504 e. The number of aromatic carboxylic acids is 1. The van der Waals surface area contributed by atoms with Gasteiger partial charge in [-0.1, -0.05) is 6.07 Å². The van der Waals surface area contributed by atoms with Crippen LogP contribution in [0, 0.1) is 0 Å². The number of hydrogen-bond donors (Lipinski definition) is 2. The lowest BCUT2D eigenvalue weighted by Crippen LogP contribution is -2.30. The van der Waals surface area contributed by atoms with E-state index >= 15 is 0 Å². The standard InChI is InChI=1S/C19H20N2O5/c1-2-25-18-7-6-15(9-17(18)22)21(11-16-10-20-12-26-16)14-5-3-4-13(8-14)19(23)24/h3-9,12,16,22H,2,10-11H2,1H3,(H,23,24). The highest BCUT2D eigenvalue weighted by atomic mass is 16.5. The summed E-state index contributed by atoms with van der Waals surface area (Å²) < 4.78 is 10.8. The maximum absolute atomic E-state index is 11.3. The Labute approximate surface area is 151 Å². The van der Waals surface area contributed by atoms with Crippen molar-refractivity contribution in [3.63, 3.8) is 0 Å². The van der Waals surface area contributed by atoms with Gasteiger partial charge in [0.25, 0.3) is 0 Å². The van der Waals surface area contributed by atoms with Gasteiger partial charge in [-0.2, -0.15) is 0 Å². The number of carboxylic acids is 1. The molecule has 136 valence electrons. The molecular formula is C19H20N2O5. The van der Waals surface area contributed by atoms with Crippen LogP contribution in [0.2, 0.25) is 0 Å². The zero-order chi connectivity index (χ0) is 18.5. The van der Waals surface area contributed by atoms with Crippen molar-refractivity contribution >= 4 is 23.7 Å². The van der Waals surface area contributed by atoms with Crippen molar-refractivity contribution in [3.05, 3.63) is 48.0 Å². The van der Waals surface area contributed by atoms with Gasteiger partial charge in [0.1, 0.15) is 6.10 Å². The predicted molar refractivity (Wildman–Crippen MR) is 97.9 cm³/mol. The first-order valence-electron chi connectivity index (χ1n) is 8.29. The summed E-state index contributed by atoms with van der Waals surface area (Å²) >= 11 is 0. The number of carbonyl (C=O) groups is 1. The topological polar surface area (TPSA) is 91.6 Å². The van der Waals surface area contributed by atoms with Crippen LogP contribution in [-0.4, -0.2) is 48.4 Å². The molecule has 2 aromatic rings. The number of ether oxygens (including phenoxy) is 2. The lowest BCUT2D eigenvalue weighted by molar-refractivity contribution is 0.0697. The number of carboxylic acid groups (broad SMARTS) is 1. The molecule has 1 unspecified atom stereocenters. The number of benzene rings is 2. The molecule has 0 aliphatic carbocycles. The molecule has 0 amide bonds. The van der Waals surface area contributed by atoms with E-state index in [4.69, 9.17) is 9.47 Å². The molecule has 0 fully saturated rings. The number of nitrogens with zero attached hydrogens (tertiary/aromatic N) is 2. The Morgan fingerprint density at radius 3 is 2.77 bits per heavy atom. The van der Waals surface area contributed by atoms with Crippen LogP contribution in [0.3, 0.4) is 0 Å². The predicted octanol–water partition coefficient (Wildman–Crippen LogP) is 3.05. The van der Waals surface area contributed by atoms with Crippen LogP contribution in [0.4, 0.5) is 11.4 Å². The van der Waals surface area contributed by atoms with Crippen LogP contribution >= 0.6 is 0 Å². The molecule has 0 saturated heterocycles. The number of hydrogen-bond acceptors (Lipinski definition) is 6. The van der Waals surface area contributed by atoms with Gasteiger partial charge in [0.2, 0.25) is 0 Å². The Morgan fingerprint density at radius 2 is 2.12 bits per heavy atom.